The minimum Gasteiger partial charge on any atom is -0.309 e. The Morgan fingerprint density at radius 2 is 1.52 bits per heavy atom. The Balaban J connectivity index is 2.88. The summed E-state index contributed by atoms with van der Waals surface area (Å²) in [5.74, 6) is 0. The van der Waals surface area contributed by atoms with Gasteiger partial charge in [-0.2, -0.15) is 0 Å². The molecule has 0 fully saturated rings. The van der Waals surface area contributed by atoms with Gasteiger partial charge in [-0.3, -0.25) is 4.98 Å². The summed E-state index contributed by atoms with van der Waals surface area (Å²) in [7, 11) is -0.136. The third kappa shape index (κ3) is 6.45. The third-order valence-corrected chi connectivity index (χ3v) is 7.37. The van der Waals surface area contributed by atoms with E-state index in [4.69, 9.17) is 4.98 Å². The molecule has 0 bridgehead atoms. The molecule has 0 spiro atoms. The summed E-state index contributed by atoms with van der Waals surface area (Å²) in [5, 5.41) is 4.14. The Labute approximate surface area is 132 Å². The Morgan fingerprint density at radius 3 is 2.00 bits per heavy atom. The molecule has 1 N–H and O–H groups in total. The first-order valence-electron chi connectivity index (χ1n) is 7.96. The van der Waals surface area contributed by atoms with Crippen LogP contribution in [0, 0.1) is 0 Å². The number of pyridine rings is 1. The van der Waals surface area contributed by atoms with Crippen molar-refractivity contribution in [1.29, 1.82) is 0 Å². The van der Waals surface area contributed by atoms with Gasteiger partial charge in [0.1, 0.15) is 0 Å². The average Bonchev–Trinajstić information content (AvgIpc) is 2.31. The topological polar surface area (TPSA) is 24.9 Å². The first-order valence-corrected chi connectivity index (χ1v) is 9.49. The van der Waals surface area contributed by atoms with Gasteiger partial charge >= 0.3 is 0 Å². The Hall–Kier alpha value is -0.460. The van der Waals surface area contributed by atoms with E-state index in [1.54, 1.807) is 0 Å². The minimum absolute atomic E-state index is 0.136. The second-order valence-corrected chi connectivity index (χ2v) is 11.9. The van der Waals surface area contributed by atoms with E-state index in [1.165, 1.54) is 5.69 Å². The van der Waals surface area contributed by atoms with Crippen LogP contribution in [0.5, 0.6) is 0 Å². The van der Waals surface area contributed by atoms with Crippen LogP contribution in [-0.2, 0) is 12.7 Å². The van der Waals surface area contributed by atoms with Crippen molar-refractivity contribution in [1.82, 2.24) is 10.3 Å². The molecule has 0 aromatic carbocycles. The molecule has 1 aromatic heterocycles. The maximum atomic E-state index is 4.87. The number of nitrogens with one attached hydrogen (secondary N) is 1. The van der Waals surface area contributed by atoms with Crippen molar-refractivity contribution in [2.75, 3.05) is 0 Å². The maximum absolute atomic E-state index is 4.87. The van der Waals surface area contributed by atoms with Crippen LogP contribution in [-0.4, -0.2) is 21.3 Å². The van der Waals surface area contributed by atoms with Crippen molar-refractivity contribution in [3.8, 4) is 0 Å². The zero-order valence-corrected chi connectivity index (χ0v) is 16.0. The molecule has 0 unspecified atom stereocenters. The van der Waals surface area contributed by atoms with E-state index in [0.717, 1.165) is 18.4 Å². The molecule has 2 nitrogen and oxygen atoms in total. The number of hydrogen-bond acceptors (Lipinski definition) is 2. The van der Waals surface area contributed by atoms with Crippen molar-refractivity contribution in [2.24, 2.45) is 0 Å². The lowest BCUT2D eigenvalue weighted by molar-refractivity contribution is 0.580. The molecule has 1 aromatic rings. The summed E-state index contributed by atoms with van der Waals surface area (Å²) in [4.78, 5) is 4.87. The monoisotopic (exact) mass is 308 g/mol. The van der Waals surface area contributed by atoms with Crippen LogP contribution in [0.4, 0.5) is 0 Å². The van der Waals surface area contributed by atoms with Crippen LogP contribution >= 0.6 is 7.92 Å². The summed E-state index contributed by atoms with van der Waals surface area (Å²) in [6, 6.07) is 6.95. The standard InChI is InChI=1S/C18H33N2P/c1-14(2)19-12-15-10-9-11-16(20-15)13-21(17(3,4)5)18(6,7)8/h9-11,14,19H,12-13H2,1-8H3. The highest BCUT2D eigenvalue weighted by Crippen LogP contribution is 2.60. The Bertz CT molecular complexity index is 427. The van der Waals surface area contributed by atoms with E-state index in [9.17, 15) is 0 Å². The molecule has 0 saturated heterocycles. The van der Waals surface area contributed by atoms with Crippen molar-refractivity contribution >= 4 is 7.92 Å². The lowest BCUT2D eigenvalue weighted by Gasteiger charge is -2.41. The van der Waals surface area contributed by atoms with Gasteiger partial charge in [0.05, 0.1) is 5.69 Å². The SMILES string of the molecule is CC(C)NCc1cccc(CP(C(C)(C)C)C(C)(C)C)n1. The summed E-state index contributed by atoms with van der Waals surface area (Å²) >= 11 is 0. The van der Waals surface area contributed by atoms with E-state index in [0.29, 0.717) is 16.4 Å². The van der Waals surface area contributed by atoms with Gasteiger partial charge in [0.2, 0.25) is 0 Å². The molecule has 0 aliphatic carbocycles. The van der Waals surface area contributed by atoms with Crippen LogP contribution in [0.15, 0.2) is 18.2 Å². The van der Waals surface area contributed by atoms with E-state index in [-0.39, 0.29) is 7.92 Å². The van der Waals surface area contributed by atoms with Crippen LogP contribution in [0.1, 0.15) is 66.8 Å². The van der Waals surface area contributed by atoms with Gasteiger partial charge in [0.25, 0.3) is 0 Å². The molecule has 1 rings (SSSR count). The second kappa shape index (κ2) is 7.20. The van der Waals surface area contributed by atoms with E-state index >= 15 is 0 Å². The first-order chi connectivity index (χ1) is 9.50. The van der Waals surface area contributed by atoms with Gasteiger partial charge in [-0.1, -0.05) is 69.4 Å². The molecular formula is C18H33N2P. The highest BCUT2D eigenvalue weighted by molar-refractivity contribution is 7.60. The summed E-state index contributed by atoms with van der Waals surface area (Å²) < 4.78 is 0. The van der Waals surface area contributed by atoms with Crippen molar-refractivity contribution in [3.05, 3.63) is 29.6 Å². The zero-order chi connectivity index (χ0) is 16.3. The van der Waals surface area contributed by atoms with E-state index in [2.05, 4.69) is 78.9 Å². The molecule has 120 valence electrons. The fourth-order valence-corrected chi connectivity index (χ4v) is 6.13. The van der Waals surface area contributed by atoms with E-state index < -0.39 is 0 Å². The van der Waals surface area contributed by atoms with Gasteiger partial charge in [0.15, 0.2) is 0 Å². The van der Waals surface area contributed by atoms with Crippen LogP contribution in [0.2, 0.25) is 0 Å². The van der Waals surface area contributed by atoms with Gasteiger partial charge in [-0.25, -0.2) is 0 Å². The predicted molar refractivity (Wildman–Crippen MR) is 96.3 cm³/mol. The smallest absolute Gasteiger partial charge is 0.0545 e. The molecule has 3 heteroatoms. The van der Waals surface area contributed by atoms with Gasteiger partial charge in [0, 0.05) is 24.4 Å². The van der Waals surface area contributed by atoms with Gasteiger partial charge < -0.3 is 5.32 Å². The lowest BCUT2D eigenvalue weighted by atomic mass is 10.2. The second-order valence-electron chi connectivity index (χ2n) is 8.08. The quantitative estimate of drug-likeness (QED) is 0.760. The van der Waals surface area contributed by atoms with Crippen molar-refractivity contribution < 1.29 is 0 Å². The molecule has 0 aliphatic rings. The summed E-state index contributed by atoms with van der Waals surface area (Å²) in [6.07, 6.45) is 1.11. The summed E-state index contributed by atoms with van der Waals surface area (Å²) in [6.45, 7) is 19.4. The van der Waals surface area contributed by atoms with E-state index in [1.807, 2.05) is 0 Å². The highest BCUT2D eigenvalue weighted by atomic mass is 31.1. The van der Waals surface area contributed by atoms with Crippen molar-refractivity contribution in [3.63, 3.8) is 0 Å². The number of nitrogens with zero attached hydrogens (tertiary/aromatic N) is 1. The van der Waals surface area contributed by atoms with Crippen LogP contribution in [0.25, 0.3) is 0 Å². The predicted octanol–water partition coefficient (Wildman–Crippen LogP) is 5.16. The molecule has 0 amide bonds. The zero-order valence-electron chi connectivity index (χ0n) is 15.1. The molecule has 0 aliphatic heterocycles. The number of aromatic nitrogens is 1. The lowest BCUT2D eigenvalue weighted by Crippen LogP contribution is -2.26. The average molecular weight is 308 g/mol. The molecule has 0 saturated carbocycles. The number of hydrogen-bond donors (Lipinski definition) is 1. The summed E-state index contributed by atoms with van der Waals surface area (Å²) in [5.41, 5.74) is 2.40. The fraction of sp³-hybridized carbons (Fsp3) is 0.722. The fourth-order valence-electron chi connectivity index (χ4n) is 2.67. The third-order valence-electron chi connectivity index (χ3n) is 3.50. The largest absolute Gasteiger partial charge is 0.309 e. The maximum Gasteiger partial charge on any atom is 0.0545 e. The Kier molecular flexibility index (Phi) is 6.37. The molecule has 0 radical (unpaired) electrons. The highest BCUT2D eigenvalue weighted by Gasteiger charge is 2.34. The molecular weight excluding hydrogens is 275 g/mol. The van der Waals surface area contributed by atoms with Gasteiger partial charge in [-0.15, -0.1) is 0 Å². The van der Waals surface area contributed by atoms with Crippen LogP contribution in [0.3, 0.4) is 0 Å². The van der Waals surface area contributed by atoms with Crippen LogP contribution < -0.4 is 5.32 Å². The Morgan fingerprint density at radius 1 is 1.00 bits per heavy atom. The molecule has 0 atom stereocenters. The first kappa shape index (κ1) is 18.6. The minimum atomic E-state index is -0.136. The molecule has 21 heavy (non-hydrogen) atoms. The molecule has 1 heterocycles. The van der Waals surface area contributed by atoms with Gasteiger partial charge in [-0.05, 0) is 22.4 Å². The number of rotatable bonds is 5. The normalized spacial score (nSPS) is 13.2. The van der Waals surface area contributed by atoms with Crippen molar-refractivity contribution in [2.45, 2.75) is 84.5 Å².